The molecule has 0 saturated carbocycles. The molecular weight excluding hydrogens is 1400 g/mol. The molecule has 0 spiro atoms. The summed E-state index contributed by atoms with van der Waals surface area (Å²) in [4.78, 5) is 5.22. The van der Waals surface area contributed by atoms with Crippen molar-refractivity contribution in [1.29, 1.82) is 0 Å². The van der Waals surface area contributed by atoms with Gasteiger partial charge in [0.15, 0.2) is 0 Å². The van der Waals surface area contributed by atoms with Crippen molar-refractivity contribution in [2.45, 2.75) is 76.0 Å². The number of benzene rings is 17. The van der Waals surface area contributed by atoms with Gasteiger partial charge in [-0.05, 0) is 246 Å². The van der Waals surface area contributed by atoms with E-state index in [0.29, 0.717) is 0 Å². The second kappa shape index (κ2) is 26.5. The van der Waals surface area contributed by atoms with Crippen molar-refractivity contribution in [3.8, 4) is 89.0 Å². The molecule has 0 heterocycles. The largest absolute Gasteiger partial charge is 0.314 e. The SMILES string of the molecule is CC1(C)C2=C(CCC(N(c3ccc4c(c3)C(C)(C)c3ccc(-c5ccc6c(-c7cccc(N(c8ccc9c(c8)C(C)(C)c8ccccc8-9)c8ccc9c(c8)C(c8ccccc8)(c8ccccc8)c8ccccc8-9)c7-c7ccccc7)cccc6c5)cc3-4)c3cccc(-c4cccc5ccccc45)c3-c3ccccc3)=C2)c2ccccc21. The smallest absolute Gasteiger partial charge is 0.0714 e. The molecular formula is C114H86N2. The molecule has 0 radical (unpaired) electrons. The molecule has 5 aliphatic carbocycles. The van der Waals surface area contributed by atoms with Crippen LogP contribution in [0.2, 0.25) is 0 Å². The summed E-state index contributed by atoms with van der Waals surface area (Å²) in [5.41, 5.74) is 41.4. The maximum Gasteiger partial charge on any atom is 0.0714 e. The van der Waals surface area contributed by atoms with E-state index in [1.165, 1.54) is 183 Å². The Kier molecular flexibility index (Phi) is 15.8. The van der Waals surface area contributed by atoms with Gasteiger partial charge in [0, 0.05) is 50.1 Å². The van der Waals surface area contributed by atoms with Gasteiger partial charge in [0.1, 0.15) is 0 Å². The summed E-state index contributed by atoms with van der Waals surface area (Å²) in [6.45, 7) is 14.5. The summed E-state index contributed by atoms with van der Waals surface area (Å²) >= 11 is 0. The molecule has 0 aliphatic heterocycles. The Labute approximate surface area is 681 Å². The molecule has 0 unspecified atom stereocenters. The molecule has 552 valence electrons. The Balaban J connectivity index is 0.679. The third-order valence-electron chi connectivity index (χ3n) is 26.9. The Morgan fingerprint density at radius 1 is 0.233 bits per heavy atom. The molecule has 5 aliphatic rings. The number of fused-ring (bicyclic) bond motifs is 13. The van der Waals surface area contributed by atoms with E-state index in [1.54, 1.807) is 0 Å². The first-order valence-electron chi connectivity index (χ1n) is 41.2. The third kappa shape index (κ3) is 10.4. The molecule has 0 N–H and O–H groups in total. The van der Waals surface area contributed by atoms with Crippen LogP contribution in [0.5, 0.6) is 0 Å². The van der Waals surface area contributed by atoms with Crippen molar-refractivity contribution in [1.82, 2.24) is 0 Å². The van der Waals surface area contributed by atoms with E-state index in [9.17, 15) is 0 Å². The van der Waals surface area contributed by atoms with Crippen LogP contribution in [0.3, 0.4) is 0 Å². The highest BCUT2D eigenvalue weighted by Gasteiger charge is 2.48. The number of hydrogen-bond acceptors (Lipinski definition) is 2. The third-order valence-corrected chi connectivity index (χ3v) is 26.9. The highest BCUT2D eigenvalue weighted by molar-refractivity contribution is 6.08. The quantitative estimate of drug-likeness (QED) is 0.114. The van der Waals surface area contributed by atoms with E-state index < -0.39 is 5.41 Å². The first kappa shape index (κ1) is 69.1. The fourth-order valence-corrected chi connectivity index (χ4v) is 21.4. The van der Waals surface area contributed by atoms with Gasteiger partial charge < -0.3 is 9.80 Å². The van der Waals surface area contributed by atoms with Gasteiger partial charge in [-0.15, -0.1) is 0 Å². The second-order valence-corrected chi connectivity index (χ2v) is 34.0. The highest BCUT2D eigenvalue weighted by atomic mass is 15.2. The fraction of sp³-hybridized carbons (Fsp3) is 0.105. The van der Waals surface area contributed by atoms with Crippen LogP contribution in [0.25, 0.3) is 116 Å². The number of rotatable bonds is 13. The topological polar surface area (TPSA) is 6.48 Å². The predicted molar refractivity (Wildman–Crippen MR) is 488 cm³/mol. The van der Waals surface area contributed by atoms with E-state index in [2.05, 4.69) is 440 Å². The molecule has 0 aromatic heterocycles. The van der Waals surface area contributed by atoms with Gasteiger partial charge in [-0.25, -0.2) is 0 Å². The van der Waals surface area contributed by atoms with Gasteiger partial charge in [-0.2, -0.15) is 0 Å². The fourth-order valence-electron chi connectivity index (χ4n) is 21.4. The van der Waals surface area contributed by atoms with Crippen molar-refractivity contribution >= 4 is 55.6 Å². The summed E-state index contributed by atoms with van der Waals surface area (Å²) in [5.74, 6) is 0. The van der Waals surface area contributed by atoms with Crippen molar-refractivity contribution in [3.63, 3.8) is 0 Å². The summed E-state index contributed by atoms with van der Waals surface area (Å²) in [6.07, 6.45) is 4.44. The molecule has 17 aromatic carbocycles. The van der Waals surface area contributed by atoms with E-state index >= 15 is 0 Å². The summed E-state index contributed by atoms with van der Waals surface area (Å²) < 4.78 is 0. The summed E-state index contributed by atoms with van der Waals surface area (Å²) in [5, 5.41) is 4.87. The molecule has 22 rings (SSSR count). The maximum absolute atomic E-state index is 2.65. The first-order valence-corrected chi connectivity index (χ1v) is 41.2. The average Bonchev–Trinajstić information content (AvgIpc) is 1.53. The van der Waals surface area contributed by atoms with Gasteiger partial charge in [0.25, 0.3) is 0 Å². The van der Waals surface area contributed by atoms with Crippen molar-refractivity contribution in [2.75, 3.05) is 9.80 Å². The first-order chi connectivity index (χ1) is 56.8. The van der Waals surface area contributed by atoms with Crippen LogP contribution in [0.1, 0.15) is 110 Å². The molecule has 0 bridgehead atoms. The molecule has 2 nitrogen and oxygen atoms in total. The minimum absolute atomic E-state index is 0.152. The Morgan fingerprint density at radius 3 is 1.25 bits per heavy atom. The molecule has 116 heavy (non-hydrogen) atoms. The zero-order chi connectivity index (χ0) is 77.8. The Morgan fingerprint density at radius 2 is 0.638 bits per heavy atom. The lowest BCUT2D eigenvalue weighted by Gasteiger charge is -2.35. The second-order valence-electron chi connectivity index (χ2n) is 34.0. The molecule has 0 atom stereocenters. The molecule has 0 saturated heterocycles. The normalized spacial score (nSPS) is 15.0. The van der Waals surface area contributed by atoms with E-state index in [1.807, 2.05) is 0 Å². The number of allylic oxidation sites excluding steroid dienone is 4. The lowest BCUT2D eigenvalue weighted by atomic mass is 9.67. The van der Waals surface area contributed by atoms with Crippen LogP contribution < -0.4 is 9.80 Å². The standard InChI is InChI=1S/C114H86N2/c1-111(2)99-50-24-21-43-89(99)92-62-57-81(69-103(92)111)115(107-53-29-48-96(109(107)74-32-11-7-12-33-74)87-46-27-36-73-31-19-20-42-85(73)87)83-60-65-95-98-68-77(56-66-101(98)113(5,6)105(95)71-83)76-55-61-86-78(67-76)37-28-47-88(86)97-49-30-54-108(110(97)75-34-13-8-14-35-75)116(82-58-63-93-90-44-22-25-51-100(90)112(3,4)104(93)70-82)84-59-64-94-91-45-23-26-52-102(91)114(106(94)72-84,79-38-15-9-16-39-79)80-40-17-10-18-41-80/h7-56,58-61,63-72H,57,62H2,1-6H3. The predicted octanol–water partition coefficient (Wildman–Crippen LogP) is 30.3. The Hall–Kier alpha value is -13.7. The lowest BCUT2D eigenvalue weighted by molar-refractivity contribution is 0.648. The van der Waals surface area contributed by atoms with Crippen molar-refractivity contribution in [3.05, 3.63) is 455 Å². The van der Waals surface area contributed by atoms with Gasteiger partial charge in [-0.1, -0.05) is 363 Å². The Bertz CT molecular complexity index is 6920. The lowest BCUT2D eigenvalue weighted by Crippen LogP contribution is -2.28. The number of hydrogen-bond donors (Lipinski definition) is 0. The monoisotopic (exact) mass is 1480 g/mol. The average molecular weight is 1480 g/mol. The highest BCUT2D eigenvalue weighted by Crippen LogP contribution is 2.61. The number of nitrogens with zero attached hydrogens (tertiary/aromatic N) is 2. The maximum atomic E-state index is 2.65. The minimum atomic E-state index is -0.599. The van der Waals surface area contributed by atoms with Gasteiger partial charge in [-0.3, -0.25) is 0 Å². The van der Waals surface area contributed by atoms with Crippen LogP contribution in [0.15, 0.2) is 400 Å². The van der Waals surface area contributed by atoms with E-state index in [4.69, 9.17) is 0 Å². The summed E-state index contributed by atoms with van der Waals surface area (Å²) in [6, 6.07) is 145. The van der Waals surface area contributed by atoms with Gasteiger partial charge >= 0.3 is 0 Å². The van der Waals surface area contributed by atoms with E-state index in [0.717, 1.165) is 41.0 Å². The van der Waals surface area contributed by atoms with Crippen molar-refractivity contribution in [2.24, 2.45) is 0 Å². The summed E-state index contributed by atoms with van der Waals surface area (Å²) in [7, 11) is 0. The van der Waals surface area contributed by atoms with Crippen LogP contribution >= 0.6 is 0 Å². The van der Waals surface area contributed by atoms with Crippen LogP contribution in [-0.2, 0) is 21.7 Å². The van der Waals surface area contributed by atoms with Crippen LogP contribution in [0, 0.1) is 0 Å². The zero-order valence-corrected chi connectivity index (χ0v) is 66.3. The zero-order valence-electron chi connectivity index (χ0n) is 66.3. The molecule has 0 fully saturated rings. The van der Waals surface area contributed by atoms with Crippen LogP contribution in [-0.4, -0.2) is 0 Å². The van der Waals surface area contributed by atoms with Gasteiger partial charge in [0.05, 0.1) is 16.8 Å². The van der Waals surface area contributed by atoms with Crippen molar-refractivity contribution < 1.29 is 0 Å². The van der Waals surface area contributed by atoms with Gasteiger partial charge in [0.2, 0.25) is 0 Å². The molecule has 2 heteroatoms. The van der Waals surface area contributed by atoms with Crippen LogP contribution in [0.4, 0.5) is 28.4 Å². The number of anilines is 5. The minimum Gasteiger partial charge on any atom is -0.314 e. The molecule has 0 amide bonds. The van der Waals surface area contributed by atoms with E-state index in [-0.39, 0.29) is 16.2 Å². The molecule has 17 aromatic rings.